The van der Waals surface area contributed by atoms with Crippen molar-refractivity contribution in [1.82, 2.24) is 9.80 Å². The van der Waals surface area contributed by atoms with E-state index in [-0.39, 0.29) is 47.9 Å². The lowest BCUT2D eigenvalue weighted by atomic mass is 9.82. The first-order valence-electron chi connectivity index (χ1n) is 19.8. The maximum atomic E-state index is 12.7. The molecule has 0 bridgehead atoms. The Morgan fingerprint density at radius 2 is 1.06 bits per heavy atom. The number of nitrogens with zero attached hydrogens (tertiary/aromatic N) is 4. The second-order valence-electron chi connectivity index (χ2n) is 16.2. The van der Waals surface area contributed by atoms with Gasteiger partial charge in [-0.25, -0.2) is 37.3 Å². The van der Waals surface area contributed by atoms with Crippen molar-refractivity contribution in [1.29, 1.82) is 0 Å². The molecule has 0 N–H and O–H groups in total. The molecule has 4 amide bonds. The van der Waals surface area contributed by atoms with E-state index in [1.807, 2.05) is 18.2 Å². The number of amides is 4. The van der Waals surface area contributed by atoms with Crippen molar-refractivity contribution in [3.05, 3.63) is 159 Å². The van der Waals surface area contributed by atoms with Crippen LogP contribution in [-0.4, -0.2) is 56.0 Å². The van der Waals surface area contributed by atoms with Crippen molar-refractivity contribution in [2.24, 2.45) is 0 Å². The van der Waals surface area contributed by atoms with Gasteiger partial charge in [0.15, 0.2) is 24.1 Å². The van der Waals surface area contributed by atoms with Crippen LogP contribution in [0, 0.1) is 27.4 Å². The molecule has 0 saturated heterocycles. The summed E-state index contributed by atoms with van der Waals surface area (Å²) in [6.07, 6.45) is 3.46. The molecule has 17 nitrogen and oxygen atoms in total. The zero-order chi connectivity index (χ0) is 47.8. The molecule has 0 spiro atoms. The molecule has 9 rings (SSSR count). The molecule has 0 atom stereocenters. The number of benzene rings is 4. The van der Waals surface area contributed by atoms with Gasteiger partial charge in [0.25, 0.3) is 23.6 Å². The van der Waals surface area contributed by atoms with Gasteiger partial charge in [-0.05, 0) is 80.8 Å². The smallest absolute Gasteiger partial charge is 0.261 e. The molecule has 4 aromatic carbocycles. The van der Waals surface area contributed by atoms with Crippen LogP contribution in [0.4, 0.5) is 5.69 Å². The van der Waals surface area contributed by atoms with E-state index in [4.69, 9.17) is 37.3 Å². The van der Waals surface area contributed by atoms with Crippen LogP contribution in [0.1, 0.15) is 109 Å². The molecule has 0 radical (unpaired) electrons. The lowest BCUT2D eigenvalue weighted by Crippen LogP contribution is -2.68. The minimum absolute atomic E-state index is 0.140. The monoisotopic (exact) mass is 928 g/mol. The SMILES string of the molecule is CC(=O)CC[N+]1=C(C)Cc2cc(CN3C(=O)c4ccccc4C3=O)ccc21.Cc1cc[n+]2c(c1)C(C)(C)c1cc(CN3C(=O)c4ccccc4C3=O)ccc1-2.[O-][Cl+3]([O-])([O-])[O-].[O-][Cl+3]([O-])([O-])[O-]. The van der Waals surface area contributed by atoms with Crippen molar-refractivity contribution in [2.45, 2.75) is 66.0 Å². The molecule has 5 heterocycles. The average Bonchev–Trinajstić information content (AvgIpc) is 3.83. The highest BCUT2D eigenvalue weighted by Crippen LogP contribution is 2.39. The van der Waals surface area contributed by atoms with Crippen LogP contribution in [0.5, 0.6) is 0 Å². The number of ketones is 1. The molecule has 0 fully saturated rings. The lowest BCUT2D eigenvalue weighted by Gasteiger charge is -2.17. The first kappa shape index (κ1) is 48.4. The molecular weight excluding hydrogens is 887 g/mol. The van der Waals surface area contributed by atoms with Gasteiger partial charge in [0.2, 0.25) is 11.4 Å². The van der Waals surface area contributed by atoms with Gasteiger partial charge in [0, 0.05) is 42.3 Å². The fourth-order valence-corrected chi connectivity index (χ4v) is 8.26. The topological polar surface area (TPSA) is 283 Å². The number of aryl methyl sites for hydroxylation is 1. The number of Topliss-reactive ketones (excluding diaryl/α,β-unsaturated/α-hetero) is 1. The number of carbonyl (C=O) groups excluding carboxylic acids is 5. The largest absolute Gasteiger partial charge is 0.300 e. The highest BCUT2D eigenvalue weighted by molar-refractivity contribution is 6.22. The van der Waals surface area contributed by atoms with Crippen LogP contribution in [0.25, 0.3) is 5.69 Å². The average molecular weight is 930 g/mol. The maximum absolute atomic E-state index is 12.7. The number of hydrogen-bond acceptors (Lipinski definition) is 13. The van der Waals surface area contributed by atoms with Crippen molar-refractivity contribution in [3.63, 3.8) is 0 Å². The minimum Gasteiger partial charge on any atom is -0.300 e. The molecular formula is C46H42Cl2N4O13. The number of hydrogen-bond donors (Lipinski definition) is 0. The lowest BCUT2D eigenvalue weighted by molar-refractivity contribution is -2.00. The number of rotatable bonds is 7. The third kappa shape index (κ3) is 11.1. The molecule has 65 heavy (non-hydrogen) atoms. The van der Waals surface area contributed by atoms with E-state index in [0.29, 0.717) is 35.2 Å². The van der Waals surface area contributed by atoms with Crippen LogP contribution in [0.15, 0.2) is 103 Å². The Morgan fingerprint density at radius 3 is 1.51 bits per heavy atom. The van der Waals surface area contributed by atoms with Gasteiger partial charge in [-0.1, -0.05) is 36.4 Å². The second-order valence-corrected chi connectivity index (χ2v) is 17.7. The number of halogens is 2. The van der Waals surface area contributed by atoms with Crippen molar-refractivity contribution >= 4 is 40.8 Å². The number of aromatic nitrogens is 1. The normalized spacial score (nSPS) is 15.2. The predicted octanol–water partition coefficient (Wildman–Crippen LogP) is -2.68. The molecule has 4 aliphatic rings. The Morgan fingerprint density at radius 1 is 0.631 bits per heavy atom. The Labute approximate surface area is 377 Å². The first-order chi connectivity index (χ1) is 30.3. The zero-order valence-electron chi connectivity index (χ0n) is 35.7. The fraction of sp³-hybridized carbons (Fsp3) is 0.239. The van der Waals surface area contributed by atoms with E-state index >= 15 is 0 Å². The Bertz CT molecular complexity index is 2680. The summed E-state index contributed by atoms with van der Waals surface area (Å²) in [5.41, 5.74) is 12.0. The summed E-state index contributed by atoms with van der Waals surface area (Å²) in [4.78, 5) is 64.5. The van der Waals surface area contributed by atoms with Gasteiger partial charge in [-0.2, -0.15) is 9.14 Å². The number of pyridine rings is 1. The summed E-state index contributed by atoms with van der Waals surface area (Å²) in [7, 11) is -9.89. The quantitative estimate of drug-likeness (QED) is 0.119. The number of fused-ring (bicyclic) bond motifs is 6. The Balaban J connectivity index is 0.000000179. The molecule has 0 unspecified atom stereocenters. The van der Waals surface area contributed by atoms with Gasteiger partial charge in [-0.15, -0.1) is 20.5 Å². The molecule has 0 saturated carbocycles. The Kier molecular flexibility index (Phi) is 14.0. The third-order valence-corrected chi connectivity index (χ3v) is 11.2. The van der Waals surface area contributed by atoms with Gasteiger partial charge in [0.1, 0.15) is 5.78 Å². The van der Waals surface area contributed by atoms with Crippen LogP contribution in [0.2, 0.25) is 0 Å². The summed E-state index contributed by atoms with van der Waals surface area (Å²) in [5.74, 6) is -0.718. The molecule has 5 aromatic rings. The standard InChI is InChI=1S/C24H21N2O2.C22H21N2O3.2ClHO4/c1-15-10-11-25-20-9-8-16(13-19(20)24(2,3)21(25)12-15)14-26-22(27)17-6-4-5-7-18(17)23(26)28;1-14-11-17-12-16(7-8-20(17)23(14)10-9-15(2)25)13-24-21(26)18-5-3-4-6-19(18)22(24)27;2*2-1(3,4)5/h4-13H,14H2,1-3H3;3-8,12H,9-11,13H2,1-2H3;2*(H,2,3,4,5)/q2*+1;;/p-2. The van der Waals surface area contributed by atoms with Gasteiger partial charge >= 0.3 is 0 Å². The summed E-state index contributed by atoms with van der Waals surface area (Å²) in [5, 5.41) is 0. The molecule has 4 aliphatic heterocycles. The van der Waals surface area contributed by atoms with Gasteiger partial charge in [-0.3, -0.25) is 33.8 Å². The van der Waals surface area contributed by atoms with Crippen LogP contribution in [0.3, 0.4) is 0 Å². The van der Waals surface area contributed by atoms with Gasteiger partial charge in [0.05, 0.1) is 53.6 Å². The Hall–Kier alpha value is -6.09. The maximum Gasteiger partial charge on any atom is 0.261 e. The summed E-state index contributed by atoms with van der Waals surface area (Å²) in [6, 6.07) is 30.6. The fourth-order valence-electron chi connectivity index (χ4n) is 8.26. The molecule has 1 aromatic heterocycles. The third-order valence-electron chi connectivity index (χ3n) is 11.2. The van der Waals surface area contributed by atoms with E-state index < -0.39 is 20.5 Å². The zero-order valence-corrected chi connectivity index (χ0v) is 37.2. The van der Waals surface area contributed by atoms with Crippen molar-refractivity contribution in [3.8, 4) is 5.69 Å². The van der Waals surface area contributed by atoms with E-state index in [9.17, 15) is 24.0 Å². The van der Waals surface area contributed by atoms with Crippen LogP contribution in [-0.2, 0) is 29.7 Å². The summed E-state index contributed by atoms with van der Waals surface area (Å²) >= 11 is 0. The van der Waals surface area contributed by atoms with Gasteiger partial charge < -0.3 is 0 Å². The highest BCUT2D eigenvalue weighted by atomic mass is 35.7. The van der Waals surface area contributed by atoms with E-state index in [0.717, 1.165) is 28.9 Å². The minimum atomic E-state index is -4.94. The second kappa shape index (κ2) is 18.8. The van der Waals surface area contributed by atoms with E-state index in [1.165, 1.54) is 37.9 Å². The number of imide groups is 2. The van der Waals surface area contributed by atoms with E-state index in [1.54, 1.807) is 55.5 Å². The van der Waals surface area contributed by atoms with E-state index in [2.05, 4.69) is 73.4 Å². The molecule has 0 aliphatic carbocycles. The molecule has 338 valence electrons. The van der Waals surface area contributed by atoms with Crippen LogP contribution < -0.4 is 41.8 Å². The highest BCUT2D eigenvalue weighted by Gasteiger charge is 2.44. The predicted molar refractivity (Wildman–Crippen MR) is 207 cm³/mol. The first-order valence-corrected chi connectivity index (χ1v) is 22.3. The summed E-state index contributed by atoms with van der Waals surface area (Å²) in [6.45, 7) is 11.5. The van der Waals surface area contributed by atoms with Crippen molar-refractivity contribution in [2.75, 3.05) is 6.54 Å². The van der Waals surface area contributed by atoms with Crippen molar-refractivity contribution < 1.29 is 90.9 Å². The summed E-state index contributed by atoms with van der Waals surface area (Å²) < 4.78 is 72.4. The number of carbonyl (C=O) groups is 5. The van der Waals surface area contributed by atoms with Crippen LogP contribution >= 0.6 is 0 Å². The molecule has 19 heteroatoms.